The Balaban J connectivity index is 3.92. The number of carbonyl (C=O) groups is 1. The van der Waals surface area contributed by atoms with Gasteiger partial charge in [-0.2, -0.15) is 0 Å². The largest absolute Gasteiger partial charge is 0.472 e. The van der Waals surface area contributed by atoms with Gasteiger partial charge in [-0.25, -0.2) is 4.79 Å². The molecule has 3 nitrogen and oxygen atoms in total. The summed E-state index contributed by atoms with van der Waals surface area (Å²) in [6.07, 6.45) is -0.837. The molecule has 0 aliphatic carbocycles. The van der Waals surface area contributed by atoms with Crippen LogP contribution in [0.3, 0.4) is 0 Å². The van der Waals surface area contributed by atoms with Crippen molar-refractivity contribution in [2.45, 2.75) is 20.0 Å². The van der Waals surface area contributed by atoms with Crippen molar-refractivity contribution in [2.24, 2.45) is 5.92 Å². The summed E-state index contributed by atoms with van der Waals surface area (Å²) < 4.78 is 0. The fourth-order valence-corrected chi connectivity index (χ4v) is 0.302. The third-order valence-electron chi connectivity index (χ3n) is 0.958. The number of hydrogen-bond donors (Lipinski definition) is 2. The molecule has 0 aromatic rings. The fourth-order valence-electron chi connectivity index (χ4n) is 0.302. The predicted molar refractivity (Wildman–Crippen MR) is 36.3 cm³/mol. The normalized spacial score (nSPS) is 12.0. The van der Waals surface area contributed by atoms with Crippen LogP contribution in [-0.4, -0.2) is 22.3 Å². The number of aliphatic hydroxyl groups excluding tert-OH is 1. The second-order valence-corrected chi connectivity index (χ2v) is 2.26. The average molecular weight is 142 g/mol. The topological polar surface area (TPSA) is 57.5 Å². The summed E-state index contributed by atoms with van der Waals surface area (Å²) in [5.74, 6) is 2.80. The molecule has 2 N–H and O–H groups in total. The molecule has 10 heavy (non-hydrogen) atoms. The SMILES string of the molecule is CC(C)[C@@H](O)C#CC(=O)O. The van der Waals surface area contributed by atoms with E-state index < -0.39 is 12.1 Å². The predicted octanol–water partition coefficient (Wildman–Crippen LogP) is 0.0913. The third kappa shape index (κ3) is 3.93. The van der Waals surface area contributed by atoms with Crippen LogP contribution in [-0.2, 0) is 4.79 Å². The summed E-state index contributed by atoms with van der Waals surface area (Å²) in [6.45, 7) is 3.53. The number of carboxylic acids is 1. The number of aliphatic hydroxyl groups is 1. The minimum atomic E-state index is -1.21. The molecule has 0 unspecified atom stereocenters. The minimum absolute atomic E-state index is 0.0214. The lowest BCUT2D eigenvalue weighted by atomic mass is 10.1. The summed E-state index contributed by atoms with van der Waals surface area (Å²) in [4.78, 5) is 9.84. The second-order valence-electron chi connectivity index (χ2n) is 2.26. The minimum Gasteiger partial charge on any atom is -0.472 e. The maximum absolute atomic E-state index is 9.84. The number of aliphatic carboxylic acids is 1. The van der Waals surface area contributed by atoms with Crippen molar-refractivity contribution >= 4 is 5.97 Å². The highest BCUT2D eigenvalue weighted by Crippen LogP contribution is 1.97. The zero-order valence-electron chi connectivity index (χ0n) is 5.96. The van der Waals surface area contributed by atoms with Gasteiger partial charge in [-0.1, -0.05) is 19.8 Å². The summed E-state index contributed by atoms with van der Waals surface area (Å²) in [7, 11) is 0. The molecule has 0 spiro atoms. The van der Waals surface area contributed by atoms with Crippen molar-refractivity contribution < 1.29 is 15.0 Å². The van der Waals surface area contributed by atoms with E-state index in [1.807, 2.05) is 5.92 Å². The molecule has 1 atom stereocenters. The van der Waals surface area contributed by atoms with Gasteiger partial charge >= 0.3 is 5.97 Å². The Morgan fingerprint density at radius 3 is 2.30 bits per heavy atom. The quantitative estimate of drug-likeness (QED) is 0.510. The Morgan fingerprint density at radius 1 is 1.50 bits per heavy atom. The molecule has 0 aliphatic heterocycles. The molecule has 0 saturated carbocycles. The van der Waals surface area contributed by atoms with E-state index in [1.54, 1.807) is 13.8 Å². The molecule has 0 fully saturated rings. The van der Waals surface area contributed by atoms with Crippen LogP contribution >= 0.6 is 0 Å². The van der Waals surface area contributed by atoms with Gasteiger partial charge in [0.25, 0.3) is 0 Å². The van der Waals surface area contributed by atoms with Gasteiger partial charge in [-0.15, -0.1) is 0 Å². The molecule has 0 aliphatic rings. The first kappa shape index (κ1) is 8.99. The zero-order valence-corrected chi connectivity index (χ0v) is 5.96. The van der Waals surface area contributed by atoms with Crippen molar-refractivity contribution in [3.8, 4) is 11.8 Å². The molecule has 0 amide bonds. The van der Waals surface area contributed by atoms with Gasteiger partial charge < -0.3 is 10.2 Å². The van der Waals surface area contributed by atoms with E-state index >= 15 is 0 Å². The maximum atomic E-state index is 9.84. The Morgan fingerprint density at radius 2 is 2.00 bits per heavy atom. The summed E-state index contributed by atoms with van der Waals surface area (Å²) in [5, 5.41) is 17.0. The highest BCUT2D eigenvalue weighted by molar-refractivity contribution is 5.86. The Hall–Kier alpha value is -1.01. The van der Waals surface area contributed by atoms with E-state index in [9.17, 15) is 4.79 Å². The van der Waals surface area contributed by atoms with E-state index in [0.717, 1.165) is 0 Å². The highest BCUT2D eigenvalue weighted by Gasteiger charge is 2.03. The average Bonchev–Trinajstić information content (AvgIpc) is 1.82. The van der Waals surface area contributed by atoms with Gasteiger partial charge in [0, 0.05) is 5.92 Å². The lowest BCUT2D eigenvalue weighted by Crippen LogP contribution is -2.11. The van der Waals surface area contributed by atoms with Gasteiger partial charge in [0.2, 0.25) is 0 Å². The van der Waals surface area contributed by atoms with E-state index in [4.69, 9.17) is 10.2 Å². The lowest BCUT2D eigenvalue weighted by molar-refractivity contribution is -0.130. The summed E-state index contributed by atoms with van der Waals surface area (Å²) in [5.41, 5.74) is 0. The molecule has 3 heteroatoms. The van der Waals surface area contributed by atoms with Gasteiger partial charge in [-0.05, 0) is 5.92 Å². The van der Waals surface area contributed by atoms with E-state index in [0.29, 0.717) is 0 Å². The van der Waals surface area contributed by atoms with Gasteiger partial charge in [-0.3, -0.25) is 0 Å². The molecule has 0 rings (SSSR count). The number of rotatable bonds is 1. The molecular formula is C7H10O3. The summed E-state index contributed by atoms with van der Waals surface area (Å²) in [6, 6.07) is 0. The molecule has 0 heterocycles. The van der Waals surface area contributed by atoms with Crippen LogP contribution in [0, 0.1) is 17.8 Å². The van der Waals surface area contributed by atoms with E-state index in [-0.39, 0.29) is 5.92 Å². The molecular weight excluding hydrogens is 132 g/mol. The van der Waals surface area contributed by atoms with Crippen molar-refractivity contribution in [1.82, 2.24) is 0 Å². The molecule has 0 saturated heterocycles. The van der Waals surface area contributed by atoms with Crippen LogP contribution in [0.25, 0.3) is 0 Å². The first-order valence-corrected chi connectivity index (χ1v) is 2.96. The van der Waals surface area contributed by atoms with Crippen LogP contribution in [0.4, 0.5) is 0 Å². The first-order chi connectivity index (χ1) is 4.54. The van der Waals surface area contributed by atoms with Gasteiger partial charge in [0.05, 0.1) is 0 Å². The van der Waals surface area contributed by atoms with Crippen LogP contribution in [0.1, 0.15) is 13.8 Å². The second kappa shape index (κ2) is 3.91. The van der Waals surface area contributed by atoms with E-state index in [2.05, 4.69) is 5.92 Å². The van der Waals surface area contributed by atoms with Crippen molar-refractivity contribution in [1.29, 1.82) is 0 Å². The zero-order chi connectivity index (χ0) is 8.15. The molecule has 0 bridgehead atoms. The van der Waals surface area contributed by atoms with E-state index in [1.165, 1.54) is 0 Å². The lowest BCUT2D eigenvalue weighted by Gasteiger charge is -2.04. The smallest absolute Gasteiger partial charge is 0.381 e. The molecule has 56 valence electrons. The molecule has 0 radical (unpaired) electrons. The van der Waals surface area contributed by atoms with Crippen LogP contribution in [0.5, 0.6) is 0 Å². The Bertz CT molecular complexity index is 173. The Kier molecular flexibility index (Phi) is 3.52. The van der Waals surface area contributed by atoms with Crippen molar-refractivity contribution in [2.75, 3.05) is 0 Å². The maximum Gasteiger partial charge on any atom is 0.381 e. The molecule has 0 aromatic carbocycles. The Labute approximate surface area is 59.7 Å². The molecule has 0 aromatic heterocycles. The van der Waals surface area contributed by atoms with Crippen molar-refractivity contribution in [3.63, 3.8) is 0 Å². The summed E-state index contributed by atoms with van der Waals surface area (Å²) >= 11 is 0. The van der Waals surface area contributed by atoms with Crippen LogP contribution in [0.2, 0.25) is 0 Å². The van der Waals surface area contributed by atoms with Crippen molar-refractivity contribution in [3.05, 3.63) is 0 Å². The number of hydrogen-bond acceptors (Lipinski definition) is 2. The first-order valence-electron chi connectivity index (χ1n) is 2.96. The third-order valence-corrected chi connectivity index (χ3v) is 0.958. The van der Waals surface area contributed by atoms with Gasteiger partial charge in [0.1, 0.15) is 6.10 Å². The standard InChI is InChI=1S/C7H10O3/c1-5(2)6(8)3-4-7(9)10/h5-6,8H,1-2H3,(H,9,10)/t6-/m0/s1. The van der Waals surface area contributed by atoms with Gasteiger partial charge in [0.15, 0.2) is 0 Å². The van der Waals surface area contributed by atoms with Crippen LogP contribution in [0.15, 0.2) is 0 Å². The monoisotopic (exact) mass is 142 g/mol. The highest BCUT2D eigenvalue weighted by atomic mass is 16.4. The van der Waals surface area contributed by atoms with Crippen LogP contribution < -0.4 is 0 Å². The fraction of sp³-hybridized carbons (Fsp3) is 0.571. The number of carboxylic acid groups (broad SMARTS) is 1.